The molecular formula is C20H17ClF3N5O2S. The Morgan fingerprint density at radius 2 is 1.84 bits per heavy atom. The molecule has 3 rings (SSSR count). The number of benzene rings is 2. The molecule has 3 aromatic rings. The summed E-state index contributed by atoms with van der Waals surface area (Å²) in [6.07, 6.45) is -4.55. The average molecular weight is 484 g/mol. The van der Waals surface area contributed by atoms with Crippen LogP contribution in [0.25, 0.3) is 17.1 Å². The number of halogens is 4. The number of carbonyl (C=O) groups excluding carboxylic acids is 2. The molecule has 0 saturated carbocycles. The van der Waals surface area contributed by atoms with Gasteiger partial charge in [-0.1, -0.05) is 41.6 Å². The third-order valence-electron chi connectivity index (χ3n) is 4.30. The molecule has 0 aliphatic carbocycles. The summed E-state index contributed by atoms with van der Waals surface area (Å²) < 4.78 is 41.3. The van der Waals surface area contributed by atoms with E-state index >= 15 is 0 Å². The van der Waals surface area contributed by atoms with Gasteiger partial charge in [0.2, 0.25) is 5.91 Å². The molecule has 0 unspecified atom stereocenters. The lowest BCUT2D eigenvalue weighted by Gasteiger charge is -2.15. The Morgan fingerprint density at radius 3 is 2.50 bits per heavy atom. The largest absolute Gasteiger partial charge is 0.416 e. The maximum atomic E-state index is 13.3. The molecule has 32 heavy (non-hydrogen) atoms. The number of hydrogen-bond donors (Lipinski definition) is 2. The van der Waals surface area contributed by atoms with Crippen molar-refractivity contribution in [3.63, 3.8) is 0 Å². The van der Waals surface area contributed by atoms with Gasteiger partial charge in [0.05, 0.1) is 21.5 Å². The molecule has 0 radical (unpaired) electrons. The van der Waals surface area contributed by atoms with Gasteiger partial charge < -0.3 is 5.32 Å². The molecular weight excluding hydrogens is 467 g/mol. The van der Waals surface area contributed by atoms with Crippen molar-refractivity contribution in [2.45, 2.75) is 23.5 Å². The summed E-state index contributed by atoms with van der Waals surface area (Å²) in [5, 5.41) is 12.3. The molecule has 0 aliphatic heterocycles. The first-order chi connectivity index (χ1) is 15.1. The Hall–Kier alpha value is -3.05. The van der Waals surface area contributed by atoms with Crippen molar-refractivity contribution >= 4 is 35.3 Å². The lowest BCUT2D eigenvalue weighted by Crippen LogP contribution is -2.41. The van der Waals surface area contributed by atoms with Gasteiger partial charge in [0.25, 0.3) is 0 Å². The van der Waals surface area contributed by atoms with Crippen LogP contribution in [0.5, 0.6) is 0 Å². The van der Waals surface area contributed by atoms with Gasteiger partial charge in [0, 0.05) is 12.6 Å². The van der Waals surface area contributed by atoms with E-state index in [2.05, 4.69) is 20.8 Å². The number of carbonyl (C=O) groups is 2. The fourth-order valence-electron chi connectivity index (χ4n) is 2.71. The van der Waals surface area contributed by atoms with Gasteiger partial charge in [0.1, 0.15) is 0 Å². The Kier molecular flexibility index (Phi) is 7.09. The topological polar surface area (TPSA) is 88.9 Å². The SMILES string of the molecule is CNC(=O)NC(=O)[C@H](C)Sc1nnc(-c2ccccc2Cl)n1-c1cccc(C(F)(F)F)c1. The summed E-state index contributed by atoms with van der Waals surface area (Å²) in [5.41, 5.74) is -0.260. The fraction of sp³-hybridized carbons (Fsp3) is 0.200. The van der Waals surface area contributed by atoms with E-state index in [1.807, 2.05) is 0 Å². The van der Waals surface area contributed by atoms with Crippen molar-refractivity contribution in [2.24, 2.45) is 0 Å². The van der Waals surface area contributed by atoms with E-state index in [4.69, 9.17) is 11.6 Å². The van der Waals surface area contributed by atoms with Gasteiger partial charge in [0.15, 0.2) is 11.0 Å². The Balaban J connectivity index is 2.09. The third kappa shape index (κ3) is 5.22. The predicted molar refractivity (Wildman–Crippen MR) is 115 cm³/mol. The van der Waals surface area contributed by atoms with E-state index in [9.17, 15) is 22.8 Å². The zero-order valence-corrected chi connectivity index (χ0v) is 18.3. The van der Waals surface area contributed by atoms with Gasteiger partial charge in [-0.15, -0.1) is 10.2 Å². The van der Waals surface area contributed by atoms with Crippen LogP contribution in [0.4, 0.5) is 18.0 Å². The van der Waals surface area contributed by atoms with Crippen LogP contribution in [-0.4, -0.2) is 39.0 Å². The van der Waals surface area contributed by atoms with Gasteiger partial charge in [-0.3, -0.25) is 14.7 Å². The predicted octanol–water partition coefficient (Wildman–Crippen LogP) is 4.54. The second kappa shape index (κ2) is 9.61. The van der Waals surface area contributed by atoms with Crippen LogP contribution in [0.15, 0.2) is 53.7 Å². The lowest BCUT2D eigenvalue weighted by atomic mass is 10.1. The minimum atomic E-state index is -4.55. The van der Waals surface area contributed by atoms with Crippen molar-refractivity contribution in [1.29, 1.82) is 0 Å². The van der Waals surface area contributed by atoms with E-state index in [1.165, 1.54) is 30.7 Å². The summed E-state index contributed by atoms with van der Waals surface area (Å²) in [5.74, 6) is -0.399. The number of nitrogens with zero attached hydrogens (tertiary/aromatic N) is 3. The van der Waals surface area contributed by atoms with Gasteiger partial charge in [-0.25, -0.2) is 4.79 Å². The molecule has 1 heterocycles. The minimum Gasteiger partial charge on any atom is -0.341 e. The van der Waals surface area contributed by atoms with E-state index < -0.39 is 28.9 Å². The molecule has 1 aromatic heterocycles. The summed E-state index contributed by atoms with van der Waals surface area (Å²) in [6.45, 7) is 1.53. The fourth-order valence-corrected chi connectivity index (χ4v) is 3.79. The number of aromatic nitrogens is 3. The molecule has 168 valence electrons. The molecule has 0 bridgehead atoms. The molecule has 3 amide bonds. The highest BCUT2D eigenvalue weighted by molar-refractivity contribution is 8.00. The summed E-state index contributed by atoms with van der Waals surface area (Å²) in [7, 11) is 1.36. The van der Waals surface area contributed by atoms with Gasteiger partial charge in [-0.05, 0) is 37.3 Å². The Bertz CT molecular complexity index is 1150. The average Bonchev–Trinajstić information content (AvgIpc) is 3.16. The van der Waals surface area contributed by atoms with Gasteiger partial charge >= 0.3 is 12.2 Å². The quantitative estimate of drug-likeness (QED) is 0.520. The summed E-state index contributed by atoms with van der Waals surface area (Å²) in [6, 6.07) is 10.7. The summed E-state index contributed by atoms with van der Waals surface area (Å²) >= 11 is 7.22. The molecule has 0 spiro atoms. The van der Waals surface area contributed by atoms with Crippen LogP contribution in [0, 0.1) is 0 Å². The number of rotatable bonds is 5. The number of hydrogen-bond acceptors (Lipinski definition) is 5. The highest BCUT2D eigenvalue weighted by Crippen LogP contribution is 2.35. The van der Waals surface area contributed by atoms with E-state index in [1.54, 1.807) is 24.3 Å². The van der Waals surface area contributed by atoms with Crippen molar-refractivity contribution in [3.05, 3.63) is 59.1 Å². The zero-order chi connectivity index (χ0) is 23.5. The summed E-state index contributed by atoms with van der Waals surface area (Å²) in [4.78, 5) is 23.7. The Morgan fingerprint density at radius 1 is 1.12 bits per heavy atom. The Labute approximate surface area is 190 Å². The number of urea groups is 1. The molecule has 0 fully saturated rings. The number of nitrogens with one attached hydrogen (secondary N) is 2. The van der Waals surface area contributed by atoms with E-state index in [-0.39, 0.29) is 16.7 Å². The van der Waals surface area contributed by atoms with E-state index in [0.29, 0.717) is 10.6 Å². The first kappa shape index (κ1) is 23.6. The van der Waals surface area contributed by atoms with Gasteiger partial charge in [-0.2, -0.15) is 13.2 Å². The molecule has 12 heteroatoms. The molecule has 7 nitrogen and oxygen atoms in total. The lowest BCUT2D eigenvalue weighted by molar-refractivity contribution is -0.137. The van der Waals surface area contributed by atoms with Crippen LogP contribution >= 0.6 is 23.4 Å². The van der Waals surface area contributed by atoms with Crippen LogP contribution < -0.4 is 10.6 Å². The molecule has 0 saturated heterocycles. The van der Waals surface area contributed by atoms with Crippen LogP contribution in [0.2, 0.25) is 5.02 Å². The molecule has 1 atom stereocenters. The normalized spacial score (nSPS) is 12.3. The number of imide groups is 1. The van der Waals surface area contributed by atoms with Crippen molar-refractivity contribution in [3.8, 4) is 17.1 Å². The van der Waals surface area contributed by atoms with Crippen molar-refractivity contribution in [1.82, 2.24) is 25.4 Å². The van der Waals surface area contributed by atoms with Crippen LogP contribution in [0.3, 0.4) is 0 Å². The van der Waals surface area contributed by atoms with Crippen molar-refractivity contribution < 1.29 is 22.8 Å². The zero-order valence-electron chi connectivity index (χ0n) is 16.8. The first-order valence-electron chi connectivity index (χ1n) is 9.19. The second-order valence-corrected chi connectivity index (χ2v) is 8.21. The number of amides is 3. The smallest absolute Gasteiger partial charge is 0.341 e. The number of alkyl halides is 3. The van der Waals surface area contributed by atoms with Crippen LogP contribution in [-0.2, 0) is 11.0 Å². The van der Waals surface area contributed by atoms with Crippen molar-refractivity contribution in [2.75, 3.05) is 7.05 Å². The highest BCUT2D eigenvalue weighted by Gasteiger charge is 2.31. The number of thioether (sulfide) groups is 1. The van der Waals surface area contributed by atoms with E-state index in [0.717, 1.165) is 23.9 Å². The maximum absolute atomic E-state index is 13.3. The first-order valence-corrected chi connectivity index (χ1v) is 10.4. The standard InChI is InChI=1S/C20H17ClF3N5O2S/c1-11(17(30)26-18(31)25-2)32-19-28-27-16(14-8-3-4-9-15(14)21)29(19)13-7-5-6-12(10-13)20(22,23)24/h3-11H,1-2H3,(H2,25,26,30,31)/t11-/m0/s1. The van der Waals surface area contributed by atoms with Crippen LogP contribution in [0.1, 0.15) is 12.5 Å². The highest BCUT2D eigenvalue weighted by atomic mass is 35.5. The molecule has 2 aromatic carbocycles. The molecule has 0 aliphatic rings. The third-order valence-corrected chi connectivity index (χ3v) is 5.67. The maximum Gasteiger partial charge on any atom is 0.416 e. The molecule has 2 N–H and O–H groups in total. The minimum absolute atomic E-state index is 0.140. The second-order valence-electron chi connectivity index (χ2n) is 6.50. The monoisotopic (exact) mass is 483 g/mol.